The number of benzene rings is 1. The van der Waals surface area contributed by atoms with Gasteiger partial charge in [0.25, 0.3) is 5.92 Å². The van der Waals surface area contributed by atoms with Crippen LogP contribution in [0.4, 0.5) is 8.78 Å². The van der Waals surface area contributed by atoms with Crippen molar-refractivity contribution in [3.05, 3.63) is 35.8 Å². The molecule has 10 heteroatoms. The minimum atomic E-state index is -2.95. The van der Waals surface area contributed by atoms with Crippen LogP contribution in [0.5, 0.6) is 0 Å². The highest BCUT2D eigenvalue weighted by atomic mass is 19.3. The zero-order chi connectivity index (χ0) is 21.5. The van der Waals surface area contributed by atoms with Crippen molar-refractivity contribution in [2.24, 2.45) is 5.10 Å². The van der Waals surface area contributed by atoms with Crippen molar-refractivity contribution >= 4 is 33.9 Å². The lowest BCUT2D eigenvalue weighted by molar-refractivity contribution is -0.0202. The third kappa shape index (κ3) is 3.37. The number of likely N-dealkylation sites (tertiary alicyclic amines) is 1. The second-order valence-corrected chi connectivity index (χ2v) is 7.44. The summed E-state index contributed by atoms with van der Waals surface area (Å²) in [5.74, 6) is -2.56. The molecule has 1 atom stereocenters. The number of halogens is 2. The molecule has 1 unspecified atom stereocenters. The van der Waals surface area contributed by atoms with E-state index in [-0.39, 0.29) is 19.6 Å². The van der Waals surface area contributed by atoms with Crippen LogP contribution in [0.1, 0.15) is 24.4 Å². The molecular formula is C20H20F2N8. The molecule has 1 aromatic carbocycles. The smallest absolute Gasteiger partial charge is 0.282 e. The molecule has 3 aromatic rings. The molecule has 0 saturated carbocycles. The van der Waals surface area contributed by atoms with E-state index in [1.165, 1.54) is 0 Å². The second-order valence-electron chi connectivity index (χ2n) is 7.44. The Kier molecular flexibility index (Phi) is 4.91. The summed E-state index contributed by atoms with van der Waals surface area (Å²) in [6.07, 6.45) is 2.66. The molecule has 0 amide bonds. The Morgan fingerprint density at radius 2 is 2.27 bits per heavy atom. The number of rotatable bonds is 5. The van der Waals surface area contributed by atoms with Gasteiger partial charge in [0, 0.05) is 18.1 Å². The van der Waals surface area contributed by atoms with E-state index in [1.807, 2.05) is 0 Å². The van der Waals surface area contributed by atoms with Crippen LogP contribution >= 0.6 is 0 Å². The number of hydrazone groups is 1. The van der Waals surface area contributed by atoms with Crippen LogP contribution in [-0.2, 0) is 6.54 Å². The van der Waals surface area contributed by atoms with Gasteiger partial charge < -0.3 is 15.4 Å². The minimum Gasteiger partial charge on any atom is -0.315 e. The summed E-state index contributed by atoms with van der Waals surface area (Å²) >= 11 is 0. The van der Waals surface area contributed by atoms with Crippen molar-refractivity contribution in [1.29, 1.82) is 10.7 Å². The van der Waals surface area contributed by atoms with E-state index in [9.17, 15) is 14.0 Å². The Morgan fingerprint density at radius 3 is 2.93 bits per heavy atom. The lowest BCUT2D eigenvalue weighted by Gasteiger charge is -2.22. The van der Waals surface area contributed by atoms with E-state index in [0.29, 0.717) is 39.0 Å². The molecule has 2 N–H and O–H groups in total. The van der Waals surface area contributed by atoms with Crippen LogP contribution in [0.15, 0.2) is 29.5 Å². The summed E-state index contributed by atoms with van der Waals surface area (Å²) in [4.78, 5) is 10.5. The van der Waals surface area contributed by atoms with Gasteiger partial charge in [0.2, 0.25) is 0 Å². The van der Waals surface area contributed by atoms with Crippen LogP contribution in [0.25, 0.3) is 21.9 Å². The highest BCUT2D eigenvalue weighted by Gasteiger charge is 2.49. The molecule has 8 nitrogen and oxygen atoms in total. The number of likely N-dealkylation sites (N-methyl/N-ethyl adjacent to an activating group) is 1. The van der Waals surface area contributed by atoms with E-state index in [1.54, 1.807) is 47.8 Å². The Hall–Kier alpha value is -3.45. The Balaban J connectivity index is 1.95. The molecule has 0 bridgehead atoms. The molecule has 3 heterocycles. The van der Waals surface area contributed by atoms with Crippen LogP contribution < -0.4 is 5.43 Å². The number of pyridine rings is 1. The van der Waals surface area contributed by atoms with Gasteiger partial charge in [0.15, 0.2) is 0 Å². The van der Waals surface area contributed by atoms with Crippen molar-refractivity contribution in [1.82, 2.24) is 24.9 Å². The van der Waals surface area contributed by atoms with E-state index in [2.05, 4.69) is 26.6 Å². The maximum atomic E-state index is 14.9. The third-order valence-electron chi connectivity index (χ3n) is 5.18. The quantitative estimate of drug-likeness (QED) is 0.497. The lowest BCUT2D eigenvalue weighted by Crippen LogP contribution is -2.31. The number of imidazole rings is 1. The van der Waals surface area contributed by atoms with Crippen LogP contribution in [0.2, 0.25) is 0 Å². The van der Waals surface area contributed by atoms with Crippen molar-refractivity contribution in [2.75, 3.05) is 20.1 Å². The van der Waals surface area contributed by atoms with E-state index in [4.69, 9.17) is 5.41 Å². The predicted molar refractivity (Wildman–Crippen MR) is 110 cm³/mol. The van der Waals surface area contributed by atoms with E-state index in [0.717, 1.165) is 6.21 Å². The van der Waals surface area contributed by atoms with Gasteiger partial charge in [-0.25, -0.2) is 13.8 Å². The summed E-state index contributed by atoms with van der Waals surface area (Å²) in [5, 5.41) is 21.1. The number of nitrogens with one attached hydrogen (secondary N) is 2. The fourth-order valence-electron chi connectivity index (χ4n) is 3.85. The fraction of sp³-hybridized carbons (Fsp3) is 0.350. The van der Waals surface area contributed by atoms with Gasteiger partial charge in [-0.15, -0.1) is 0 Å². The summed E-state index contributed by atoms with van der Waals surface area (Å²) in [6, 6.07) is 5.99. The van der Waals surface area contributed by atoms with Gasteiger partial charge in [-0.3, -0.25) is 9.88 Å². The first-order valence-electron chi connectivity index (χ1n) is 9.37. The largest absolute Gasteiger partial charge is 0.315 e. The van der Waals surface area contributed by atoms with Crippen LogP contribution in [-0.4, -0.2) is 57.4 Å². The third-order valence-corrected chi connectivity index (χ3v) is 5.18. The van der Waals surface area contributed by atoms with Gasteiger partial charge in [-0.05, 0) is 32.2 Å². The first kappa shape index (κ1) is 19.8. The molecule has 154 valence electrons. The van der Waals surface area contributed by atoms with Gasteiger partial charge in [-0.1, -0.05) is 0 Å². The van der Waals surface area contributed by atoms with E-state index >= 15 is 0 Å². The molecule has 0 spiro atoms. The zero-order valence-electron chi connectivity index (χ0n) is 16.5. The number of hydrogen-bond donors (Lipinski definition) is 2. The molecule has 1 saturated heterocycles. The first-order chi connectivity index (χ1) is 14.3. The standard InChI is InChI=1S/C20H20F2N8/c1-12(6-23)28-26-9-18-27-16-8-25-15-4-3-13(7-24)5-14(15)19(16)30(18)17-10-29(2)11-20(17,21)22/h3-6,8,17,23,26H,9-11H2,1-2H3/b23-6?,28-12-. The Bertz CT molecular complexity index is 1210. The van der Waals surface area contributed by atoms with Crippen LogP contribution in [0, 0.1) is 16.7 Å². The highest BCUT2D eigenvalue weighted by Crippen LogP contribution is 2.40. The molecule has 1 aliphatic rings. The second kappa shape index (κ2) is 7.42. The monoisotopic (exact) mass is 410 g/mol. The first-order valence-corrected chi connectivity index (χ1v) is 9.37. The number of nitrogens with zero attached hydrogens (tertiary/aromatic N) is 6. The summed E-state index contributed by atoms with van der Waals surface area (Å²) in [7, 11) is 1.66. The molecular weight excluding hydrogens is 390 g/mol. The van der Waals surface area contributed by atoms with Crippen LogP contribution in [0.3, 0.4) is 0 Å². The van der Waals surface area contributed by atoms with Gasteiger partial charge >= 0.3 is 0 Å². The summed E-state index contributed by atoms with van der Waals surface area (Å²) in [6.45, 7) is 1.58. The molecule has 0 radical (unpaired) electrons. The van der Waals surface area contributed by atoms with Crippen molar-refractivity contribution in [3.8, 4) is 6.07 Å². The maximum Gasteiger partial charge on any atom is 0.282 e. The number of alkyl halides is 2. The Morgan fingerprint density at radius 1 is 1.47 bits per heavy atom. The molecule has 2 aromatic heterocycles. The molecule has 4 rings (SSSR count). The molecule has 1 fully saturated rings. The topological polar surface area (TPSA) is 106 Å². The molecule has 0 aliphatic carbocycles. The Labute approximate surface area is 171 Å². The van der Waals surface area contributed by atoms with Gasteiger partial charge in [0.1, 0.15) is 17.4 Å². The molecule has 30 heavy (non-hydrogen) atoms. The van der Waals surface area contributed by atoms with E-state index < -0.39 is 12.0 Å². The number of fused-ring (bicyclic) bond motifs is 3. The maximum absolute atomic E-state index is 14.9. The number of aromatic nitrogens is 3. The summed E-state index contributed by atoms with van der Waals surface area (Å²) in [5.41, 5.74) is 5.30. The normalized spacial score (nSPS) is 19.3. The van der Waals surface area contributed by atoms with Crippen molar-refractivity contribution in [3.63, 3.8) is 0 Å². The average molecular weight is 410 g/mol. The average Bonchev–Trinajstić information content (AvgIpc) is 3.22. The fourth-order valence-corrected chi connectivity index (χ4v) is 3.85. The SMILES string of the molecule is C/C(C=N)=N/NCc1nc2cnc3ccc(C#N)cc3c2n1C1CN(C)CC1(F)F. The van der Waals surface area contributed by atoms with Crippen molar-refractivity contribution in [2.45, 2.75) is 25.4 Å². The molecule has 1 aliphatic heterocycles. The van der Waals surface area contributed by atoms with Gasteiger partial charge in [-0.2, -0.15) is 10.4 Å². The van der Waals surface area contributed by atoms with Gasteiger partial charge in [0.05, 0.1) is 47.7 Å². The number of hydrogen-bond acceptors (Lipinski definition) is 7. The number of nitriles is 1. The highest BCUT2D eigenvalue weighted by molar-refractivity contribution is 6.28. The predicted octanol–water partition coefficient (Wildman–Crippen LogP) is 2.69. The minimum absolute atomic E-state index is 0.107. The summed E-state index contributed by atoms with van der Waals surface area (Å²) < 4.78 is 31.5. The lowest BCUT2D eigenvalue weighted by atomic mass is 10.1. The van der Waals surface area contributed by atoms with Crippen molar-refractivity contribution < 1.29 is 8.78 Å². The zero-order valence-corrected chi connectivity index (χ0v) is 16.5.